The fourth-order valence-electron chi connectivity index (χ4n) is 12.7. The molecular weight excluding hydrogens is 675 g/mol. The topological polar surface area (TPSA) is 3.24 Å². The largest absolute Gasteiger partial charge is 0.342 e. The van der Waals surface area contributed by atoms with Crippen molar-refractivity contribution in [1.29, 1.82) is 0 Å². The van der Waals surface area contributed by atoms with Gasteiger partial charge in [0.25, 0.3) is 0 Å². The average molecular weight is 736 g/mol. The molecule has 56 heavy (non-hydrogen) atoms. The summed E-state index contributed by atoms with van der Waals surface area (Å²) < 4.78 is 0. The minimum absolute atomic E-state index is 0.0266. The number of allylic oxidation sites excluding steroid dienone is 19. The molecular formula is C55H61N. The first-order valence-corrected chi connectivity index (χ1v) is 22.5. The molecule has 0 N–H and O–H groups in total. The van der Waals surface area contributed by atoms with Crippen LogP contribution in [-0.4, -0.2) is 10.9 Å². The quantitative estimate of drug-likeness (QED) is 0.244. The van der Waals surface area contributed by atoms with E-state index in [0.29, 0.717) is 29.7 Å². The van der Waals surface area contributed by atoms with Gasteiger partial charge in [-0.25, -0.2) is 0 Å². The van der Waals surface area contributed by atoms with Crippen molar-refractivity contribution in [3.8, 4) is 0 Å². The van der Waals surface area contributed by atoms with E-state index in [-0.39, 0.29) is 5.41 Å². The molecule has 0 saturated heterocycles. The van der Waals surface area contributed by atoms with Crippen molar-refractivity contribution in [2.24, 2.45) is 35.0 Å². The maximum Gasteiger partial charge on any atom is 0.0516 e. The van der Waals surface area contributed by atoms with E-state index in [1.54, 1.807) is 33.7 Å². The summed E-state index contributed by atoms with van der Waals surface area (Å²) in [4.78, 5) is 2.89. The van der Waals surface area contributed by atoms with Gasteiger partial charge in [0.15, 0.2) is 0 Å². The van der Waals surface area contributed by atoms with Gasteiger partial charge in [-0.3, -0.25) is 0 Å². The minimum Gasteiger partial charge on any atom is -0.342 e. The fourth-order valence-corrected chi connectivity index (χ4v) is 12.7. The number of hydrogen-bond acceptors (Lipinski definition) is 1. The van der Waals surface area contributed by atoms with Crippen LogP contribution in [0.3, 0.4) is 0 Å². The van der Waals surface area contributed by atoms with E-state index in [2.05, 4.69) is 151 Å². The van der Waals surface area contributed by atoms with Crippen LogP contribution >= 0.6 is 0 Å². The molecule has 10 rings (SSSR count). The minimum atomic E-state index is 0.0266. The summed E-state index contributed by atoms with van der Waals surface area (Å²) in [5, 5.41) is 0. The molecule has 8 atom stereocenters. The monoisotopic (exact) mass is 735 g/mol. The predicted octanol–water partition coefficient (Wildman–Crippen LogP) is 14.3. The highest BCUT2D eigenvalue weighted by molar-refractivity contribution is 5.66. The van der Waals surface area contributed by atoms with Gasteiger partial charge in [0.2, 0.25) is 0 Å². The summed E-state index contributed by atoms with van der Waals surface area (Å²) in [5.74, 6) is 3.75. The molecule has 0 spiro atoms. The first-order valence-electron chi connectivity index (χ1n) is 22.5. The van der Waals surface area contributed by atoms with E-state index in [4.69, 9.17) is 0 Å². The predicted molar refractivity (Wildman–Crippen MR) is 235 cm³/mol. The maximum atomic E-state index is 2.89. The summed E-state index contributed by atoms with van der Waals surface area (Å²) in [5.41, 5.74) is 12.7. The molecule has 0 bridgehead atoms. The molecule has 0 fully saturated rings. The Bertz CT molecular complexity index is 2080. The van der Waals surface area contributed by atoms with Crippen LogP contribution in [0.5, 0.6) is 0 Å². The van der Waals surface area contributed by atoms with E-state index in [1.165, 1.54) is 101 Å². The van der Waals surface area contributed by atoms with Crippen molar-refractivity contribution < 1.29 is 0 Å². The zero-order valence-electron chi connectivity index (χ0n) is 33.5. The molecule has 0 aromatic heterocycles. The average Bonchev–Trinajstić information content (AvgIpc) is 3.59. The molecule has 0 radical (unpaired) electrons. The Hall–Kier alpha value is -4.36. The lowest BCUT2D eigenvalue weighted by Crippen LogP contribution is -2.43. The molecule has 1 nitrogen and oxygen atoms in total. The van der Waals surface area contributed by atoms with E-state index in [0.717, 1.165) is 18.3 Å². The Morgan fingerprint density at radius 3 is 2.14 bits per heavy atom. The molecule has 8 aliphatic carbocycles. The summed E-state index contributed by atoms with van der Waals surface area (Å²) in [6.45, 7) is 0. The van der Waals surface area contributed by atoms with Crippen LogP contribution in [0.4, 0.5) is 0 Å². The summed E-state index contributed by atoms with van der Waals surface area (Å²) >= 11 is 0. The number of nitrogens with zero attached hydrogens (tertiary/aromatic N) is 1. The Morgan fingerprint density at radius 2 is 1.39 bits per heavy atom. The summed E-state index contributed by atoms with van der Waals surface area (Å²) in [6.07, 6.45) is 54.1. The highest BCUT2D eigenvalue weighted by Gasteiger charge is 2.56. The molecule has 2 aromatic rings. The van der Waals surface area contributed by atoms with Crippen molar-refractivity contribution in [3.05, 3.63) is 185 Å². The normalized spacial score (nSPS) is 33.6. The van der Waals surface area contributed by atoms with Crippen molar-refractivity contribution in [2.75, 3.05) is 0 Å². The Balaban J connectivity index is 0.950. The van der Waals surface area contributed by atoms with E-state index in [1.807, 2.05) is 0 Å². The van der Waals surface area contributed by atoms with Crippen molar-refractivity contribution in [3.63, 3.8) is 0 Å². The second-order valence-corrected chi connectivity index (χ2v) is 18.2. The third kappa shape index (κ3) is 6.58. The van der Waals surface area contributed by atoms with Crippen molar-refractivity contribution in [1.82, 2.24) is 4.90 Å². The number of hydrogen-bond donors (Lipinski definition) is 0. The number of fused-ring (bicyclic) bond motifs is 2. The van der Waals surface area contributed by atoms with Crippen LogP contribution in [-0.2, 0) is 0 Å². The second-order valence-electron chi connectivity index (χ2n) is 18.2. The second kappa shape index (κ2) is 15.9. The van der Waals surface area contributed by atoms with Gasteiger partial charge in [0.05, 0.1) is 6.04 Å². The van der Waals surface area contributed by atoms with Gasteiger partial charge >= 0.3 is 0 Å². The van der Waals surface area contributed by atoms with Crippen LogP contribution in [0.25, 0.3) is 5.57 Å². The molecule has 0 saturated carbocycles. The Kier molecular flexibility index (Phi) is 10.2. The lowest BCUT2D eigenvalue weighted by Gasteiger charge is -2.49. The zero-order valence-corrected chi connectivity index (χ0v) is 33.5. The highest BCUT2D eigenvalue weighted by atomic mass is 15.2. The van der Waals surface area contributed by atoms with E-state index < -0.39 is 0 Å². The maximum absolute atomic E-state index is 2.89. The molecule has 1 heteroatoms. The van der Waals surface area contributed by atoms with Gasteiger partial charge in [-0.05, 0) is 148 Å². The van der Waals surface area contributed by atoms with Crippen molar-refractivity contribution in [2.45, 2.75) is 108 Å². The molecule has 8 aliphatic rings. The summed E-state index contributed by atoms with van der Waals surface area (Å²) in [6, 6.07) is 22.9. The van der Waals surface area contributed by atoms with Crippen LogP contribution in [0, 0.1) is 35.0 Å². The number of rotatable bonds is 8. The van der Waals surface area contributed by atoms with Gasteiger partial charge in [-0.2, -0.15) is 0 Å². The first kappa shape index (κ1) is 36.0. The molecule has 0 aliphatic heterocycles. The van der Waals surface area contributed by atoms with Crippen LogP contribution in [0.1, 0.15) is 113 Å². The molecule has 286 valence electrons. The SMILES string of the molecule is C1=CC2C3=C(C=CCC3)C(C3=CCCC=C3)(C3C=CC(N(C4=CCC(c5ccccc5)CC4)C4=CCC(C5CCC=C(c6ccccc6)C5)CC4)CC3)C2C=C1. The van der Waals surface area contributed by atoms with Gasteiger partial charge < -0.3 is 4.90 Å². The lowest BCUT2D eigenvalue weighted by atomic mass is 9.56. The fraction of sp³-hybridized carbons (Fsp3) is 0.418. The molecule has 2 aromatic carbocycles. The van der Waals surface area contributed by atoms with Crippen LogP contribution in [0.2, 0.25) is 0 Å². The Morgan fingerprint density at radius 1 is 0.589 bits per heavy atom. The van der Waals surface area contributed by atoms with Gasteiger partial charge in [0, 0.05) is 28.6 Å². The van der Waals surface area contributed by atoms with E-state index in [9.17, 15) is 0 Å². The van der Waals surface area contributed by atoms with Gasteiger partial charge in [-0.1, -0.05) is 151 Å². The third-order valence-corrected chi connectivity index (χ3v) is 15.4. The van der Waals surface area contributed by atoms with Crippen LogP contribution < -0.4 is 0 Å². The van der Waals surface area contributed by atoms with E-state index >= 15 is 0 Å². The highest BCUT2D eigenvalue weighted by Crippen LogP contribution is 2.65. The molecule has 0 amide bonds. The third-order valence-electron chi connectivity index (χ3n) is 15.4. The van der Waals surface area contributed by atoms with Crippen molar-refractivity contribution >= 4 is 5.57 Å². The molecule has 8 unspecified atom stereocenters. The van der Waals surface area contributed by atoms with Crippen LogP contribution in [0.15, 0.2) is 174 Å². The summed E-state index contributed by atoms with van der Waals surface area (Å²) in [7, 11) is 0. The van der Waals surface area contributed by atoms with Gasteiger partial charge in [0.1, 0.15) is 0 Å². The molecule has 0 heterocycles. The standard InChI is InChI=1S/C55H61N/c1-4-15-40(16-5-1)42-27-33-48(34-28-42)56(49-35-29-43(30-36-49)45-20-14-19-44(39-45)41-17-6-2-7-18-41)50-37-31-47(32-38-50)55(46-21-8-3-9-22-46)53-25-12-10-23-51(53)52-24-11-13-26-54(52)55/h1-2,4-8,10,12-13,15-19,21-23,25-26,31,33,35,37,42-43,45,47,50-51,53H,3,9,11,14,20,24,27-30,32,34,36,38-39H2. The Labute approximate surface area is 337 Å². The smallest absolute Gasteiger partial charge is 0.0516 e. The zero-order chi connectivity index (χ0) is 37.3. The lowest BCUT2D eigenvalue weighted by molar-refractivity contribution is 0.193. The van der Waals surface area contributed by atoms with Gasteiger partial charge in [-0.15, -0.1) is 0 Å². The number of benzene rings is 2. The first-order chi connectivity index (χ1) is 27.8.